The van der Waals surface area contributed by atoms with Crippen molar-refractivity contribution in [2.24, 2.45) is 0 Å². The Labute approximate surface area is 783 Å². The van der Waals surface area contributed by atoms with Crippen molar-refractivity contribution in [3.05, 3.63) is 229 Å². The molecule has 0 radical (unpaired) electrons. The van der Waals surface area contributed by atoms with E-state index in [-0.39, 0.29) is 12.4 Å². The normalized spacial score (nSPS) is 14.3. The predicted octanol–water partition coefficient (Wildman–Crippen LogP) is 9.33. The summed E-state index contributed by atoms with van der Waals surface area (Å²) in [7, 11) is 12.8. The number of rotatable bonds is 16. The second-order valence-corrected chi connectivity index (χ2v) is 34.6. The Kier molecular flexibility index (Phi) is 24.9. The maximum atomic E-state index is 9.57. The van der Waals surface area contributed by atoms with Gasteiger partial charge in [0, 0.05) is 135 Å². The van der Waals surface area contributed by atoms with Crippen molar-refractivity contribution in [1.29, 1.82) is 26.3 Å². The third kappa shape index (κ3) is 17.8. The first kappa shape index (κ1) is 88.6. The molecule has 676 valence electrons. The van der Waals surface area contributed by atoms with Crippen LogP contribution in [0.4, 0.5) is 29.7 Å². The van der Waals surface area contributed by atoms with Gasteiger partial charge in [-0.1, -0.05) is 60.7 Å². The van der Waals surface area contributed by atoms with Crippen LogP contribution in [0.3, 0.4) is 0 Å². The van der Waals surface area contributed by atoms with Crippen molar-refractivity contribution in [3.63, 3.8) is 0 Å². The first-order valence-electron chi connectivity index (χ1n) is 44.5. The number of ether oxygens (including phenoxy) is 1. The van der Waals surface area contributed by atoms with Gasteiger partial charge in [0.25, 0.3) is 0 Å². The number of benzene rings is 5. The molecule has 38 heteroatoms. The van der Waals surface area contributed by atoms with Gasteiger partial charge in [0.2, 0.25) is 29.7 Å². The molecule has 0 amide bonds. The van der Waals surface area contributed by atoms with Gasteiger partial charge in [0.15, 0.2) is 56.5 Å². The van der Waals surface area contributed by atoms with E-state index in [1.165, 1.54) is 0 Å². The third-order valence-electron chi connectivity index (χ3n) is 24.5. The molecule has 3 aliphatic rings. The van der Waals surface area contributed by atoms with E-state index in [2.05, 4.69) is 173 Å². The Morgan fingerprint density at radius 2 is 0.765 bits per heavy atom. The Morgan fingerprint density at radius 1 is 0.412 bits per heavy atom. The van der Waals surface area contributed by atoms with Crippen LogP contribution in [0.1, 0.15) is 47.1 Å². The summed E-state index contributed by atoms with van der Waals surface area (Å²) in [5.41, 5.74) is 18.4. The van der Waals surface area contributed by atoms with Gasteiger partial charge in [-0.15, -0.1) is 0 Å². The fourth-order valence-corrected chi connectivity index (χ4v) is 17.5. The van der Waals surface area contributed by atoms with Crippen LogP contribution in [0.2, 0.25) is 0 Å². The summed E-state index contributed by atoms with van der Waals surface area (Å²) in [5, 5.41) is 65.1. The minimum atomic E-state index is 0. The SMILES string of the molecule is CN(C)C1CCN(c2ncc3cc(C#N)c4nc5ccccc5n4c3n2)C1.CN1CCC(Nc2ncc3cc(C#N)c4nc5ccccc5n4c3n2)CC1.C[N+](C)(C)CCNc1ncc2cc(C#N)c3nc4ccccc4n3c2n1.N#Cc1cc2cnc(NCCN3CCOCC3)nc2n2c1nc1ccccc12.N#Cc1cc2cnc(NCCn3ccnc3)nc2n2c1nc1ccccc12.[Cl-]. The van der Waals surface area contributed by atoms with Gasteiger partial charge in [-0.25, -0.2) is 54.8 Å². The van der Waals surface area contributed by atoms with E-state index in [0.29, 0.717) is 98.5 Å². The van der Waals surface area contributed by atoms with Crippen molar-refractivity contribution in [2.45, 2.75) is 37.9 Å². The summed E-state index contributed by atoms with van der Waals surface area (Å²) in [6.45, 7) is 12.4. The topological polar surface area (TPSA) is 422 Å². The van der Waals surface area contributed by atoms with Gasteiger partial charge in [-0.3, -0.25) is 26.9 Å². The maximum absolute atomic E-state index is 9.57. The molecule has 3 saturated heterocycles. The number of aromatic nitrogens is 22. The van der Waals surface area contributed by atoms with Crippen LogP contribution >= 0.6 is 0 Å². The highest BCUT2D eigenvalue weighted by Gasteiger charge is 2.28. The van der Waals surface area contributed by atoms with E-state index in [1.807, 2.05) is 172 Å². The van der Waals surface area contributed by atoms with E-state index >= 15 is 0 Å². The molecular weight excluding hydrogens is 1730 g/mol. The number of nitriles is 5. The van der Waals surface area contributed by atoms with Crippen LogP contribution in [-0.4, -0.2) is 265 Å². The average Bonchev–Trinajstić information content (AvgIpc) is 1.59. The average molecular weight is 1820 g/mol. The summed E-state index contributed by atoms with van der Waals surface area (Å²) in [6, 6.07) is 60.3. The monoisotopic (exact) mass is 1820 g/mol. The molecule has 1 atom stereocenters. The van der Waals surface area contributed by atoms with Crippen molar-refractivity contribution >= 4 is 168 Å². The number of piperidine rings is 1. The Bertz CT molecular complexity index is 8360. The number of morpholine rings is 1. The largest absolute Gasteiger partial charge is 1.00 e. The van der Waals surface area contributed by atoms with Gasteiger partial charge in [0.1, 0.15) is 30.3 Å². The van der Waals surface area contributed by atoms with Crippen LogP contribution < -0.4 is 38.6 Å². The minimum absolute atomic E-state index is 0. The number of likely N-dealkylation sites (tertiary alicyclic amines) is 1. The zero-order chi connectivity index (χ0) is 92.4. The molecule has 5 aromatic carbocycles. The van der Waals surface area contributed by atoms with Gasteiger partial charge in [-0.2, -0.15) is 51.2 Å². The number of likely N-dealkylation sites (N-methyl/N-ethyl adjacent to an activating group) is 2. The van der Waals surface area contributed by atoms with E-state index in [4.69, 9.17) is 24.7 Å². The molecule has 0 saturated carbocycles. The summed E-state index contributed by atoms with van der Waals surface area (Å²) in [6.07, 6.45) is 17.5. The van der Waals surface area contributed by atoms with Crippen molar-refractivity contribution in [3.8, 4) is 30.3 Å². The van der Waals surface area contributed by atoms with Gasteiger partial charge < -0.3 is 62.2 Å². The van der Waals surface area contributed by atoms with Gasteiger partial charge >= 0.3 is 0 Å². The lowest BCUT2D eigenvalue weighted by molar-refractivity contribution is -0.868. The van der Waals surface area contributed by atoms with Crippen molar-refractivity contribution < 1.29 is 21.6 Å². The number of halogens is 1. The smallest absolute Gasteiger partial charge is 0.227 e. The van der Waals surface area contributed by atoms with E-state index < -0.39 is 0 Å². The molecule has 0 bridgehead atoms. The summed E-state index contributed by atoms with van der Waals surface area (Å²) >= 11 is 0. The molecule has 37 nitrogen and oxygen atoms in total. The molecule has 1 unspecified atom stereocenters. The highest BCUT2D eigenvalue weighted by molar-refractivity contribution is 5.97. The molecule has 16 aromatic heterocycles. The number of nitrogens with zero attached hydrogens (tertiary/aromatic N) is 32. The Morgan fingerprint density at radius 3 is 1.12 bits per heavy atom. The summed E-state index contributed by atoms with van der Waals surface area (Å²) in [4.78, 5) is 82.5. The number of quaternary nitrogens is 1. The quantitative estimate of drug-likeness (QED) is 0.0654. The lowest BCUT2D eigenvalue weighted by Crippen LogP contribution is -3.00. The first-order chi connectivity index (χ1) is 66.0. The molecule has 0 spiro atoms. The fourth-order valence-electron chi connectivity index (χ4n) is 17.5. The molecule has 19 heterocycles. The minimum Gasteiger partial charge on any atom is -1.00 e. The standard InChI is InChI=1S/C20H19N7O.2C20H19N7.C19H14N8.C19H20N7.ClH/c21-12-14-11-15-13-23-20(22-5-6-26-7-9-28-10-8-26)25-19(15)27-17-4-2-1-3-16(17)24-18(14)27;1-25(2)15-7-8-26(12-15)20-22-11-14-9-13(10-21)18-23-16-5-3-4-6-17(16)27(18)19(14)24-20;1-26-8-6-15(7-9-26)23-20-22-12-14-10-13(11-21)18-24-16-4-2-3-5-17(16)27(18)19(14)25-20;20-10-13-9-14-11-23-19(22-6-8-26-7-5-21-12-26)25-18(14)27-16-4-2-1-3-15(16)24-17(13)27;1-26(2,3)9-8-21-19-22-12-14-10-13(11-20)17-23-15-6-4-5-7-16(15)25(17)18(14)24-19;/h1-4,11,13H,5-10H2,(H,22,23,25);3-6,9,11,15H,7-8,12H2,1-2H3;2-5,10,12,15H,6-9H2,1H3,(H,22,23,25);1-5,7,9,11-12H,6,8H2,(H,22,23,25);4-7,10,12H,8-9H2,1-3H3,(H,21,22,24);1H/q;;;;+1;/p-1. The van der Waals surface area contributed by atoms with Crippen LogP contribution in [0, 0.1) is 56.7 Å². The van der Waals surface area contributed by atoms with Crippen LogP contribution in [0.25, 0.3) is 139 Å². The van der Waals surface area contributed by atoms with E-state index in [0.717, 1.165) is 225 Å². The molecule has 0 aliphatic carbocycles. The molecule has 3 aliphatic heterocycles. The Balaban J connectivity index is 0.000000109. The van der Waals surface area contributed by atoms with Crippen LogP contribution in [0.5, 0.6) is 0 Å². The molecule has 24 rings (SSSR count). The number of hydrogen-bond acceptors (Lipinski definition) is 30. The number of anilines is 5. The maximum Gasteiger partial charge on any atom is 0.227 e. The lowest BCUT2D eigenvalue weighted by atomic mass is 10.1. The molecular formula is C98H91ClN36O. The Hall–Kier alpha value is -16.7. The third-order valence-corrected chi connectivity index (χ3v) is 24.5. The molecule has 21 aromatic rings. The number of nitrogens with one attached hydrogen (secondary N) is 4. The number of pyridine rings is 5. The fraction of sp³-hybridized carbons (Fsp3) is 0.255. The molecule has 4 N–H and O–H groups in total. The zero-order valence-corrected chi connectivity index (χ0v) is 76.1. The van der Waals surface area contributed by atoms with Crippen LogP contribution in [-0.2, 0) is 11.3 Å². The second kappa shape index (κ2) is 38.2. The van der Waals surface area contributed by atoms with Crippen molar-refractivity contribution in [2.75, 3.05) is 154 Å². The lowest BCUT2D eigenvalue weighted by Gasteiger charge is -2.29. The highest BCUT2D eigenvalue weighted by atomic mass is 35.5. The summed E-state index contributed by atoms with van der Waals surface area (Å²) < 4.78 is 18.0. The van der Waals surface area contributed by atoms with Gasteiger partial charge in [0.05, 0.1) is 137 Å². The predicted molar refractivity (Wildman–Crippen MR) is 519 cm³/mol. The second-order valence-electron chi connectivity index (χ2n) is 34.6. The van der Waals surface area contributed by atoms with E-state index in [1.54, 1.807) is 55.5 Å². The number of para-hydroxylation sites is 10. The molecule has 136 heavy (non-hydrogen) atoms. The summed E-state index contributed by atoms with van der Waals surface area (Å²) in [5.74, 6) is 3.04. The zero-order valence-electron chi connectivity index (χ0n) is 75.3. The van der Waals surface area contributed by atoms with E-state index in [9.17, 15) is 26.3 Å². The highest BCUT2D eigenvalue weighted by Crippen LogP contribution is 2.33. The number of fused-ring (bicyclic) bond motifs is 25. The van der Waals surface area contributed by atoms with Gasteiger partial charge in [-0.05, 0) is 144 Å². The number of hydrogen-bond donors (Lipinski definition) is 4. The number of imidazole rings is 6. The molecule has 3 fully saturated rings. The first-order valence-corrected chi connectivity index (χ1v) is 44.5. The van der Waals surface area contributed by atoms with Crippen LogP contribution in [0.15, 0.2) is 201 Å². The van der Waals surface area contributed by atoms with Crippen molar-refractivity contribution in [1.82, 2.24) is 121 Å².